The summed E-state index contributed by atoms with van der Waals surface area (Å²) in [5.41, 5.74) is 39.3. The summed E-state index contributed by atoms with van der Waals surface area (Å²) in [5, 5.41) is 8.58. The molecular formula is C73H82BCl5N6P2Ru2. The number of hydrogen-bond acceptors (Lipinski definition) is 6. The van der Waals surface area contributed by atoms with Crippen molar-refractivity contribution in [3.8, 4) is 0 Å². The first-order chi connectivity index (χ1) is 41.1. The number of benzene rings is 10. The molecule has 2 aliphatic rings. The van der Waals surface area contributed by atoms with Crippen LogP contribution in [0.5, 0.6) is 0 Å². The standard InChI is InChI=1S/C24H20B.2C18H15P.2C6H15N3.CH2Cl2.3ClH.2Ru/c1-5-13-21(14-6-1)25(22-15-7-2-8-16-22,23-17-9-3-10-18-23)24-19-11-4-12-20-24;2*1-4-10-16(11-5-1)19(17-12-6-2-7-13-17)18-14-8-3-9-15-18;2*7-4-1-5(8)3-6(9)2-4;2-1-3;;;;;/h1-20H;2*1-15H;2*4-6H,1-3,7-9H2;1H2;3*1H;;/q-1;;;;;;;;;2*+2/p-3. The minimum atomic E-state index is -1.22. The molecule has 468 valence electrons. The Bertz CT molecular complexity index is 2770. The first kappa shape index (κ1) is 80.7. The molecule has 2 saturated carbocycles. The zero-order valence-electron chi connectivity index (χ0n) is 49.8. The van der Waals surface area contributed by atoms with Gasteiger partial charge in [-0.3, -0.25) is 0 Å². The van der Waals surface area contributed by atoms with Gasteiger partial charge in [0.05, 0.1) is 5.34 Å². The second kappa shape index (κ2) is 45.0. The van der Waals surface area contributed by atoms with Gasteiger partial charge in [-0.15, -0.1) is 23.2 Å². The quantitative estimate of drug-likeness (QED) is 0.0674. The molecule has 0 bridgehead atoms. The van der Waals surface area contributed by atoms with Crippen LogP contribution in [-0.2, 0) is 39.0 Å². The number of nitrogens with two attached hydrogens (primary N) is 6. The average Bonchev–Trinajstić information content (AvgIpc) is 1.22. The Kier molecular flexibility index (Phi) is 40.8. The molecule has 12 rings (SSSR count). The van der Waals surface area contributed by atoms with E-state index < -0.39 is 22.0 Å². The van der Waals surface area contributed by atoms with E-state index in [0.717, 1.165) is 38.5 Å². The third-order valence-corrected chi connectivity index (χ3v) is 19.8. The molecule has 10 aromatic carbocycles. The third kappa shape index (κ3) is 25.5. The van der Waals surface area contributed by atoms with Gasteiger partial charge in [0.1, 0.15) is 6.15 Å². The second-order valence-electron chi connectivity index (χ2n) is 21.3. The number of rotatable bonds is 10. The number of hydrogen-bond donors (Lipinski definition) is 6. The maximum atomic E-state index is 5.66. The minimum Gasteiger partial charge on any atom is -1.00 e. The van der Waals surface area contributed by atoms with Gasteiger partial charge < -0.3 is 71.6 Å². The zero-order valence-corrected chi connectivity index (χ0v) is 58.9. The second-order valence-corrected chi connectivity index (χ2v) is 26.5. The Morgan fingerprint density at radius 1 is 0.247 bits per heavy atom. The molecule has 0 aliphatic heterocycles. The molecule has 12 N–H and O–H groups in total. The first-order valence-electron chi connectivity index (χ1n) is 29.0. The van der Waals surface area contributed by atoms with Crippen LogP contribution in [0, 0.1) is 0 Å². The normalized spacial score (nSPS) is 17.0. The third-order valence-electron chi connectivity index (χ3n) is 14.9. The maximum absolute atomic E-state index is 5.66. The first-order valence-corrected chi connectivity index (χ1v) is 32.8. The molecule has 10 aromatic rings. The van der Waals surface area contributed by atoms with Crippen molar-refractivity contribution < 1.29 is 76.2 Å². The summed E-state index contributed by atoms with van der Waals surface area (Å²) in [6, 6.07) is 110. The average molecular weight is 1500 g/mol. The van der Waals surface area contributed by atoms with Crippen LogP contribution in [0.15, 0.2) is 303 Å². The van der Waals surface area contributed by atoms with Crippen molar-refractivity contribution in [2.75, 3.05) is 5.34 Å². The fourth-order valence-corrected chi connectivity index (χ4v) is 16.0. The van der Waals surface area contributed by atoms with Crippen LogP contribution in [0.25, 0.3) is 0 Å². The van der Waals surface area contributed by atoms with E-state index in [0.29, 0.717) is 0 Å². The van der Waals surface area contributed by atoms with Crippen molar-refractivity contribution in [3.05, 3.63) is 303 Å². The monoisotopic (exact) mass is 1490 g/mol. The molecule has 0 amide bonds. The predicted molar refractivity (Wildman–Crippen MR) is 372 cm³/mol. The number of halogens is 5. The van der Waals surface area contributed by atoms with Crippen LogP contribution in [0.3, 0.4) is 0 Å². The van der Waals surface area contributed by atoms with Gasteiger partial charge in [-0.05, 0) is 86.2 Å². The molecule has 0 aromatic heterocycles. The summed E-state index contributed by atoms with van der Waals surface area (Å²) in [6.07, 6.45) is 4.41. The van der Waals surface area contributed by atoms with Crippen LogP contribution in [0.2, 0.25) is 0 Å². The molecule has 0 saturated heterocycles. The van der Waals surface area contributed by atoms with Gasteiger partial charge in [-0.25, -0.2) is 0 Å². The molecule has 0 radical (unpaired) electrons. The molecule has 6 nitrogen and oxygen atoms in total. The minimum absolute atomic E-state index is 0. The molecule has 0 unspecified atom stereocenters. The summed E-state index contributed by atoms with van der Waals surface area (Å²) in [5.74, 6) is 0. The molecule has 0 heterocycles. The van der Waals surface area contributed by atoms with Gasteiger partial charge in [-0.1, -0.05) is 303 Å². The van der Waals surface area contributed by atoms with Crippen molar-refractivity contribution in [1.29, 1.82) is 0 Å². The van der Waals surface area contributed by atoms with Gasteiger partial charge in [0.15, 0.2) is 0 Å². The SMILES string of the molecule is ClCCl.NC1CC(N)CC(N)C1.NC1CC(N)CC(N)C1.[Cl-].[Cl-].[Cl-].[Ru+2].[Ru+2].c1ccc(P(c2ccccc2)c2ccccc2)cc1.c1ccc(P(c2ccccc2)c2ccccc2)cc1.c1ccc([B-](c2ccccc2)(c2ccccc2)c2ccccc2)cc1. The van der Waals surface area contributed by atoms with Crippen molar-refractivity contribution in [3.63, 3.8) is 0 Å². The van der Waals surface area contributed by atoms with Crippen LogP contribution in [0.4, 0.5) is 0 Å². The van der Waals surface area contributed by atoms with E-state index in [1.807, 2.05) is 0 Å². The van der Waals surface area contributed by atoms with Crippen LogP contribution in [0.1, 0.15) is 38.5 Å². The van der Waals surface area contributed by atoms with E-state index in [1.165, 1.54) is 53.7 Å². The molecule has 2 aliphatic carbocycles. The van der Waals surface area contributed by atoms with Gasteiger partial charge >= 0.3 is 39.0 Å². The molecule has 0 spiro atoms. The van der Waals surface area contributed by atoms with Crippen molar-refractivity contribution >= 4 is 98.9 Å². The summed E-state index contributed by atoms with van der Waals surface area (Å²) in [6.45, 7) is 0. The van der Waals surface area contributed by atoms with Crippen molar-refractivity contribution in [2.45, 2.75) is 74.8 Å². The van der Waals surface area contributed by atoms with Crippen LogP contribution in [-0.4, -0.2) is 47.7 Å². The Morgan fingerprint density at radius 3 is 0.483 bits per heavy atom. The van der Waals surface area contributed by atoms with Gasteiger partial charge in [0.25, 0.3) is 0 Å². The fourth-order valence-electron chi connectivity index (χ4n) is 11.4. The Labute approximate surface area is 587 Å². The molecule has 89 heavy (non-hydrogen) atoms. The summed E-state index contributed by atoms with van der Waals surface area (Å²) in [4.78, 5) is 0. The number of alkyl halides is 2. The van der Waals surface area contributed by atoms with Crippen molar-refractivity contribution in [1.82, 2.24) is 0 Å². The van der Waals surface area contributed by atoms with E-state index in [1.54, 1.807) is 0 Å². The smallest absolute Gasteiger partial charge is 1.00 e. The topological polar surface area (TPSA) is 156 Å². The van der Waals surface area contributed by atoms with Gasteiger partial charge in [0, 0.05) is 36.3 Å². The van der Waals surface area contributed by atoms with E-state index in [9.17, 15) is 0 Å². The molecule has 0 atom stereocenters. The van der Waals surface area contributed by atoms with E-state index >= 15 is 0 Å². The summed E-state index contributed by atoms with van der Waals surface area (Å²) in [7, 11) is -0.892. The molecular weight excluding hydrogens is 1410 g/mol. The zero-order chi connectivity index (χ0) is 59.2. The molecule has 16 heteroatoms. The predicted octanol–water partition coefficient (Wildman–Crippen LogP) is 0.686. The molecule has 2 fully saturated rings. The summed E-state index contributed by atoms with van der Waals surface area (Å²) < 4.78 is 0. The van der Waals surface area contributed by atoms with Crippen molar-refractivity contribution in [2.24, 2.45) is 34.4 Å². The Hall–Kier alpha value is -4.42. The van der Waals surface area contributed by atoms with Crippen LogP contribution >= 0.6 is 39.0 Å². The van der Waals surface area contributed by atoms with E-state index in [2.05, 4.69) is 303 Å². The Balaban J connectivity index is 0.000000386. The van der Waals surface area contributed by atoms with Gasteiger partial charge in [-0.2, -0.15) is 21.9 Å². The largest absolute Gasteiger partial charge is 2.00 e. The van der Waals surface area contributed by atoms with Gasteiger partial charge in [0.2, 0.25) is 0 Å². The van der Waals surface area contributed by atoms with Crippen LogP contribution < -0.4 is 125 Å². The maximum Gasteiger partial charge on any atom is 2.00 e. The van der Waals surface area contributed by atoms with E-state index in [-0.39, 0.29) is 118 Å². The van der Waals surface area contributed by atoms with E-state index in [4.69, 9.17) is 57.6 Å². The fraction of sp³-hybridized carbons (Fsp3) is 0.178. The Morgan fingerprint density at radius 2 is 0.360 bits per heavy atom. The summed E-state index contributed by atoms with van der Waals surface area (Å²) >= 11 is 9.53.